The predicted molar refractivity (Wildman–Crippen MR) is 61.1 cm³/mol. The molecule has 1 heterocycles. The zero-order chi connectivity index (χ0) is 11.1. The molecule has 1 rings (SSSR count). The Morgan fingerprint density at radius 3 is 2.60 bits per heavy atom. The van der Waals surface area contributed by atoms with Crippen LogP contribution in [-0.4, -0.2) is 15.2 Å². The largest absolute Gasteiger partial charge is 0.495 e. The average molecular weight is 209 g/mol. The fraction of sp³-hybridized carbons (Fsp3) is 0.500. The van der Waals surface area contributed by atoms with E-state index >= 15 is 0 Å². The van der Waals surface area contributed by atoms with Crippen molar-refractivity contribution in [2.75, 3.05) is 0 Å². The van der Waals surface area contributed by atoms with Gasteiger partial charge in [-0.3, -0.25) is 4.98 Å². The van der Waals surface area contributed by atoms with Gasteiger partial charge in [0, 0.05) is 11.6 Å². The second-order valence-electron chi connectivity index (χ2n) is 3.68. The van der Waals surface area contributed by atoms with E-state index in [2.05, 4.69) is 24.1 Å². The van der Waals surface area contributed by atoms with E-state index in [4.69, 9.17) is 5.11 Å². The summed E-state index contributed by atoms with van der Waals surface area (Å²) in [5, 5.41) is 18.4. The molecule has 0 aliphatic heterocycles. The molecule has 3 N–H and O–H groups in total. The second-order valence-corrected chi connectivity index (χ2v) is 3.68. The molecule has 0 amide bonds. The van der Waals surface area contributed by atoms with Crippen LogP contribution in [0, 0.1) is 0 Å². The Hall–Kier alpha value is -1.38. The lowest BCUT2D eigenvalue weighted by atomic mass is 10.1. The third-order valence-corrected chi connectivity index (χ3v) is 2.33. The maximum Gasteiger partial charge on any atom is 0.194 e. The van der Waals surface area contributed by atoms with Gasteiger partial charge in [-0.1, -0.05) is 31.9 Å². The number of rotatable bonds is 6. The molecule has 0 aliphatic rings. The van der Waals surface area contributed by atoms with E-state index in [1.807, 2.05) is 0 Å². The summed E-state index contributed by atoms with van der Waals surface area (Å²) in [5.74, 6) is 0.104. The Morgan fingerprint density at radius 1 is 1.27 bits per heavy atom. The summed E-state index contributed by atoms with van der Waals surface area (Å²) in [4.78, 5) is 2.46. The molecule has 0 fully saturated rings. The SMILES string of the molecule is CCCCC=CCCc1cc(O)[nH]c1O. The minimum absolute atomic E-state index is 0.0254. The van der Waals surface area contributed by atoms with Gasteiger partial charge in [0.15, 0.2) is 11.8 Å². The summed E-state index contributed by atoms with van der Waals surface area (Å²) in [6, 6.07) is 1.56. The average Bonchev–Trinajstić information content (AvgIpc) is 2.51. The Labute approximate surface area is 90.5 Å². The molecule has 1 aromatic heterocycles. The Morgan fingerprint density at radius 2 is 2.00 bits per heavy atom. The van der Waals surface area contributed by atoms with Crippen molar-refractivity contribution in [2.45, 2.75) is 39.0 Å². The van der Waals surface area contributed by atoms with Crippen LogP contribution in [0.4, 0.5) is 0 Å². The smallest absolute Gasteiger partial charge is 0.194 e. The van der Waals surface area contributed by atoms with Gasteiger partial charge >= 0.3 is 0 Å². The van der Waals surface area contributed by atoms with Gasteiger partial charge in [-0.25, -0.2) is 0 Å². The van der Waals surface area contributed by atoms with Crippen LogP contribution in [0.3, 0.4) is 0 Å². The monoisotopic (exact) mass is 209 g/mol. The fourth-order valence-corrected chi connectivity index (χ4v) is 1.46. The number of aromatic hydroxyl groups is 2. The van der Waals surface area contributed by atoms with Crippen LogP contribution in [0.5, 0.6) is 11.8 Å². The molecule has 0 spiro atoms. The van der Waals surface area contributed by atoms with Crippen molar-refractivity contribution in [3.05, 3.63) is 23.8 Å². The van der Waals surface area contributed by atoms with Crippen molar-refractivity contribution in [1.29, 1.82) is 0 Å². The molecule has 0 aromatic carbocycles. The van der Waals surface area contributed by atoms with Gasteiger partial charge in [-0.05, 0) is 19.3 Å². The molecule has 0 saturated heterocycles. The van der Waals surface area contributed by atoms with Gasteiger partial charge in [0.05, 0.1) is 0 Å². The van der Waals surface area contributed by atoms with Crippen LogP contribution in [0.2, 0.25) is 0 Å². The molecule has 15 heavy (non-hydrogen) atoms. The zero-order valence-electron chi connectivity index (χ0n) is 9.16. The molecule has 0 aliphatic carbocycles. The lowest BCUT2D eigenvalue weighted by molar-refractivity contribution is 0.423. The highest BCUT2D eigenvalue weighted by atomic mass is 16.3. The number of hydrogen-bond acceptors (Lipinski definition) is 2. The fourth-order valence-electron chi connectivity index (χ4n) is 1.46. The van der Waals surface area contributed by atoms with Crippen LogP contribution in [0.1, 0.15) is 38.2 Å². The minimum atomic E-state index is 0.0254. The lowest BCUT2D eigenvalue weighted by Crippen LogP contribution is -1.80. The molecule has 0 radical (unpaired) electrons. The van der Waals surface area contributed by atoms with E-state index in [-0.39, 0.29) is 11.8 Å². The number of unbranched alkanes of at least 4 members (excludes halogenated alkanes) is 2. The number of aromatic nitrogens is 1. The third kappa shape index (κ3) is 4.11. The van der Waals surface area contributed by atoms with Crippen LogP contribution >= 0.6 is 0 Å². The Kier molecular flexibility index (Phi) is 4.81. The van der Waals surface area contributed by atoms with E-state index < -0.39 is 0 Å². The normalized spacial score (nSPS) is 11.3. The van der Waals surface area contributed by atoms with Gasteiger partial charge < -0.3 is 10.2 Å². The summed E-state index contributed by atoms with van der Waals surface area (Å²) in [6.45, 7) is 2.18. The molecule has 0 saturated carbocycles. The summed E-state index contributed by atoms with van der Waals surface area (Å²) in [6.07, 6.45) is 9.52. The van der Waals surface area contributed by atoms with Gasteiger partial charge in [0.25, 0.3) is 0 Å². The van der Waals surface area contributed by atoms with Gasteiger partial charge in [-0.2, -0.15) is 0 Å². The van der Waals surface area contributed by atoms with Crippen molar-refractivity contribution in [3.8, 4) is 11.8 Å². The predicted octanol–water partition coefficient (Wildman–Crippen LogP) is 3.10. The number of H-pyrrole nitrogens is 1. The molecular formula is C12H19NO2. The Balaban J connectivity index is 2.25. The highest BCUT2D eigenvalue weighted by Crippen LogP contribution is 2.22. The summed E-state index contributed by atoms with van der Waals surface area (Å²) >= 11 is 0. The van der Waals surface area contributed by atoms with Gasteiger partial charge in [0.2, 0.25) is 0 Å². The van der Waals surface area contributed by atoms with Crippen molar-refractivity contribution >= 4 is 0 Å². The van der Waals surface area contributed by atoms with E-state index in [0.717, 1.165) is 24.8 Å². The van der Waals surface area contributed by atoms with Crippen molar-refractivity contribution in [3.63, 3.8) is 0 Å². The first-order chi connectivity index (χ1) is 7.24. The topological polar surface area (TPSA) is 56.2 Å². The number of aromatic amines is 1. The standard InChI is InChI=1S/C12H19NO2/c1-2-3-4-5-6-7-8-10-9-11(14)13-12(10)15/h5-6,9,13-15H,2-4,7-8H2,1H3. The van der Waals surface area contributed by atoms with Crippen molar-refractivity contribution < 1.29 is 10.2 Å². The number of nitrogens with one attached hydrogen (secondary N) is 1. The molecule has 3 heteroatoms. The number of allylic oxidation sites excluding steroid dienone is 2. The summed E-state index contributed by atoms with van der Waals surface area (Å²) in [5.41, 5.74) is 0.771. The van der Waals surface area contributed by atoms with E-state index in [0.29, 0.717) is 0 Å². The molecule has 0 unspecified atom stereocenters. The number of hydrogen-bond donors (Lipinski definition) is 3. The van der Waals surface area contributed by atoms with Crippen molar-refractivity contribution in [2.24, 2.45) is 0 Å². The van der Waals surface area contributed by atoms with Crippen LogP contribution < -0.4 is 0 Å². The van der Waals surface area contributed by atoms with Crippen LogP contribution in [0.15, 0.2) is 18.2 Å². The number of aryl methyl sites for hydroxylation is 1. The molecule has 0 bridgehead atoms. The first kappa shape index (κ1) is 11.7. The maximum atomic E-state index is 9.33. The molecule has 1 aromatic rings. The van der Waals surface area contributed by atoms with E-state index in [1.165, 1.54) is 12.8 Å². The first-order valence-corrected chi connectivity index (χ1v) is 5.49. The quantitative estimate of drug-likeness (QED) is 0.498. The molecular weight excluding hydrogens is 190 g/mol. The second kappa shape index (κ2) is 6.17. The van der Waals surface area contributed by atoms with Gasteiger partial charge in [0.1, 0.15) is 0 Å². The first-order valence-electron chi connectivity index (χ1n) is 5.49. The lowest BCUT2D eigenvalue weighted by Gasteiger charge is -1.94. The van der Waals surface area contributed by atoms with E-state index in [9.17, 15) is 5.11 Å². The van der Waals surface area contributed by atoms with Crippen LogP contribution in [-0.2, 0) is 6.42 Å². The summed E-state index contributed by atoms with van der Waals surface area (Å²) in [7, 11) is 0. The molecule has 0 atom stereocenters. The maximum absolute atomic E-state index is 9.33. The molecule has 84 valence electrons. The minimum Gasteiger partial charge on any atom is -0.495 e. The third-order valence-electron chi connectivity index (χ3n) is 2.33. The van der Waals surface area contributed by atoms with Crippen LogP contribution in [0.25, 0.3) is 0 Å². The van der Waals surface area contributed by atoms with Gasteiger partial charge in [-0.15, -0.1) is 0 Å². The molecule has 3 nitrogen and oxygen atoms in total. The van der Waals surface area contributed by atoms with Crippen molar-refractivity contribution in [1.82, 2.24) is 4.98 Å². The highest BCUT2D eigenvalue weighted by molar-refractivity contribution is 5.32. The highest BCUT2D eigenvalue weighted by Gasteiger charge is 2.04. The Bertz CT molecular complexity index is 315. The zero-order valence-corrected chi connectivity index (χ0v) is 9.16. The summed E-state index contributed by atoms with van der Waals surface area (Å²) < 4.78 is 0. The van der Waals surface area contributed by atoms with E-state index in [1.54, 1.807) is 6.07 Å².